The molecule has 0 saturated carbocycles. The first-order valence-corrected chi connectivity index (χ1v) is 11.5. The van der Waals surface area contributed by atoms with Crippen molar-refractivity contribution in [1.82, 2.24) is 0 Å². The molecule has 2 aromatic carbocycles. The Bertz CT molecular complexity index is 584. The van der Waals surface area contributed by atoms with Gasteiger partial charge < -0.3 is 5.11 Å². The molecule has 0 radical (unpaired) electrons. The van der Waals surface area contributed by atoms with Gasteiger partial charge in [-0.25, -0.2) is 0 Å². The van der Waals surface area contributed by atoms with Gasteiger partial charge in [0, 0.05) is 0 Å². The van der Waals surface area contributed by atoms with Crippen LogP contribution in [0.15, 0.2) is 72.8 Å². The zero-order valence-electron chi connectivity index (χ0n) is 16.2. The summed E-state index contributed by atoms with van der Waals surface area (Å²) in [5, 5.41) is 13.4. The number of benzene rings is 2. The van der Waals surface area contributed by atoms with Crippen LogP contribution in [0, 0.1) is 5.92 Å². The Balaban J connectivity index is 1.98. The van der Waals surface area contributed by atoms with Crippen molar-refractivity contribution in [2.45, 2.75) is 52.1 Å². The van der Waals surface area contributed by atoms with Crippen LogP contribution in [-0.2, 0) is 0 Å². The molecule has 1 nitrogen and oxygen atoms in total. The van der Waals surface area contributed by atoms with Crippen molar-refractivity contribution in [2.24, 2.45) is 5.92 Å². The number of rotatable bonds is 11. The highest BCUT2D eigenvalue weighted by Crippen LogP contribution is 2.36. The molecule has 0 amide bonds. The lowest BCUT2D eigenvalue weighted by molar-refractivity contribution is 0.174. The van der Waals surface area contributed by atoms with Crippen LogP contribution in [0.2, 0.25) is 0 Å². The SMILES string of the molecule is CCCCCC/C=C/[C@@H](O)[C@H](C)CP(c1ccccc1)c1ccccc1. The summed E-state index contributed by atoms with van der Waals surface area (Å²) >= 11 is 0. The van der Waals surface area contributed by atoms with Crippen molar-refractivity contribution < 1.29 is 5.11 Å². The second-order valence-corrected chi connectivity index (χ2v) is 9.28. The van der Waals surface area contributed by atoms with E-state index in [0.29, 0.717) is 0 Å². The van der Waals surface area contributed by atoms with Crippen LogP contribution < -0.4 is 10.6 Å². The summed E-state index contributed by atoms with van der Waals surface area (Å²) in [5.74, 6) is 0.244. The van der Waals surface area contributed by atoms with Gasteiger partial charge in [-0.15, -0.1) is 0 Å². The van der Waals surface area contributed by atoms with Crippen LogP contribution in [0.1, 0.15) is 46.0 Å². The fourth-order valence-corrected chi connectivity index (χ4v) is 5.66. The molecule has 0 aromatic heterocycles. The average molecular weight is 369 g/mol. The Labute approximate surface area is 160 Å². The van der Waals surface area contributed by atoms with E-state index in [0.717, 1.165) is 12.6 Å². The Morgan fingerprint density at radius 1 is 0.885 bits per heavy atom. The molecule has 0 fully saturated rings. The largest absolute Gasteiger partial charge is 0.389 e. The Hall–Kier alpha value is -1.43. The van der Waals surface area contributed by atoms with Crippen LogP contribution in [0.3, 0.4) is 0 Å². The molecule has 0 saturated heterocycles. The van der Waals surface area contributed by atoms with Gasteiger partial charge in [-0.1, -0.05) is 106 Å². The summed E-state index contributed by atoms with van der Waals surface area (Å²) in [6.45, 7) is 4.41. The molecule has 2 aromatic rings. The van der Waals surface area contributed by atoms with Gasteiger partial charge in [-0.2, -0.15) is 0 Å². The second kappa shape index (κ2) is 12.0. The number of aliphatic hydroxyl groups excluding tert-OH is 1. The van der Waals surface area contributed by atoms with Crippen molar-refractivity contribution in [2.75, 3.05) is 6.16 Å². The predicted octanol–water partition coefficient (Wildman–Crippen LogP) is 5.64. The van der Waals surface area contributed by atoms with Crippen molar-refractivity contribution in [3.05, 3.63) is 72.8 Å². The van der Waals surface area contributed by atoms with Crippen LogP contribution >= 0.6 is 7.92 Å². The number of allylic oxidation sites excluding steroid dienone is 1. The molecule has 0 heterocycles. The van der Waals surface area contributed by atoms with Gasteiger partial charge in [-0.05, 0) is 43.5 Å². The summed E-state index contributed by atoms with van der Waals surface area (Å²) in [6, 6.07) is 21.5. The molecule has 2 heteroatoms. The quantitative estimate of drug-likeness (QED) is 0.309. The Morgan fingerprint density at radius 3 is 2.00 bits per heavy atom. The first kappa shape index (κ1) is 20.9. The van der Waals surface area contributed by atoms with Crippen molar-refractivity contribution in [1.29, 1.82) is 0 Å². The molecule has 140 valence electrons. The first-order valence-electron chi connectivity index (χ1n) is 9.94. The van der Waals surface area contributed by atoms with E-state index in [2.05, 4.69) is 80.6 Å². The lowest BCUT2D eigenvalue weighted by Crippen LogP contribution is -2.23. The number of hydrogen-bond acceptors (Lipinski definition) is 1. The fraction of sp³-hybridized carbons (Fsp3) is 0.417. The smallest absolute Gasteiger partial charge is 0.0750 e. The van der Waals surface area contributed by atoms with Crippen LogP contribution in [0.25, 0.3) is 0 Å². The average Bonchev–Trinajstić information content (AvgIpc) is 2.69. The molecule has 2 atom stereocenters. The summed E-state index contributed by atoms with van der Waals surface area (Å²) in [5.41, 5.74) is 0. The Morgan fingerprint density at radius 2 is 1.46 bits per heavy atom. The monoisotopic (exact) mass is 368 g/mol. The van der Waals surface area contributed by atoms with E-state index in [1.54, 1.807) is 0 Å². The molecule has 0 unspecified atom stereocenters. The highest BCUT2D eigenvalue weighted by molar-refractivity contribution is 7.73. The maximum absolute atomic E-state index is 10.6. The highest BCUT2D eigenvalue weighted by Gasteiger charge is 2.20. The van der Waals surface area contributed by atoms with Gasteiger partial charge in [0.15, 0.2) is 0 Å². The Kier molecular flexibility index (Phi) is 9.67. The maximum Gasteiger partial charge on any atom is 0.0750 e. The van der Waals surface area contributed by atoms with E-state index < -0.39 is 7.92 Å². The minimum atomic E-state index is -0.443. The molecule has 0 aliphatic carbocycles. The number of unbranched alkanes of at least 4 members (excludes halogenated alkanes) is 4. The summed E-state index contributed by atoms with van der Waals surface area (Å²) in [6.07, 6.45) is 11.0. The van der Waals surface area contributed by atoms with Gasteiger partial charge >= 0.3 is 0 Å². The third-order valence-corrected chi connectivity index (χ3v) is 7.53. The van der Waals surface area contributed by atoms with Crippen molar-refractivity contribution in [3.8, 4) is 0 Å². The van der Waals surface area contributed by atoms with Gasteiger partial charge in [-0.3, -0.25) is 0 Å². The molecular weight excluding hydrogens is 335 g/mol. The zero-order chi connectivity index (χ0) is 18.6. The van der Waals surface area contributed by atoms with Crippen LogP contribution in [-0.4, -0.2) is 17.4 Å². The van der Waals surface area contributed by atoms with E-state index in [1.165, 1.54) is 36.3 Å². The summed E-state index contributed by atoms with van der Waals surface area (Å²) in [4.78, 5) is 0. The van der Waals surface area contributed by atoms with E-state index in [4.69, 9.17) is 0 Å². The molecular formula is C24H33OP. The number of hydrogen-bond donors (Lipinski definition) is 1. The van der Waals surface area contributed by atoms with Crippen LogP contribution in [0.5, 0.6) is 0 Å². The first-order chi connectivity index (χ1) is 12.7. The molecule has 0 spiro atoms. The van der Waals surface area contributed by atoms with Crippen molar-refractivity contribution in [3.63, 3.8) is 0 Å². The molecule has 0 aliphatic heterocycles. The zero-order valence-corrected chi connectivity index (χ0v) is 17.1. The van der Waals surface area contributed by atoms with E-state index in [1.807, 2.05) is 6.08 Å². The van der Waals surface area contributed by atoms with Crippen LogP contribution in [0.4, 0.5) is 0 Å². The van der Waals surface area contributed by atoms with Gasteiger partial charge in [0.05, 0.1) is 6.10 Å². The summed E-state index contributed by atoms with van der Waals surface area (Å²) < 4.78 is 0. The summed E-state index contributed by atoms with van der Waals surface area (Å²) in [7, 11) is -0.443. The van der Waals surface area contributed by atoms with Crippen molar-refractivity contribution >= 4 is 18.5 Å². The predicted molar refractivity (Wildman–Crippen MR) is 117 cm³/mol. The third-order valence-electron chi connectivity index (χ3n) is 4.75. The van der Waals surface area contributed by atoms with E-state index in [-0.39, 0.29) is 12.0 Å². The normalized spacial score (nSPS) is 14.0. The van der Waals surface area contributed by atoms with Gasteiger partial charge in [0.2, 0.25) is 0 Å². The lowest BCUT2D eigenvalue weighted by Gasteiger charge is -2.24. The number of aliphatic hydroxyl groups is 1. The lowest BCUT2D eigenvalue weighted by atomic mass is 10.1. The second-order valence-electron chi connectivity index (χ2n) is 7.03. The van der Waals surface area contributed by atoms with Gasteiger partial charge in [0.1, 0.15) is 0 Å². The fourth-order valence-electron chi connectivity index (χ4n) is 3.09. The molecule has 26 heavy (non-hydrogen) atoms. The third kappa shape index (κ3) is 7.06. The molecule has 1 N–H and O–H groups in total. The van der Waals surface area contributed by atoms with E-state index in [9.17, 15) is 5.11 Å². The topological polar surface area (TPSA) is 20.2 Å². The molecule has 0 aliphatic rings. The molecule has 2 rings (SSSR count). The standard InChI is InChI=1S/C24H33OP/c1-3-4-5-6-7-14-19-24(25)21(2)20-26(22-15-10-8-11-16-22)23-17-12-9-13-18-23/h8-19,21,24-25H,3-7,20H2,1-2H3/b19-14+/t21-,24-/m1/s1. The van der Waals surface area contributed by atoms with Gasteiger partial charge in [0.25, 0.3) is 0 Å². The highest BCUT2D eigenvalue weighted by atomic mass is 31.1. The molecule has 0 bridgehead atoms. The minimum Gasteiger partial charge on any atom is -0.389 e. The minimum absolute atomic E-state index is 0.244. The van der Waals surface area contributed by atoms with E-state index >= 15 is 0 Å². The maximum atomic E-state index is 10.6.